The van der Waals surface area contributed by atoms with Crippen molar-refractivity contribution >= 4 is 17.3 Å². The van der Waals surface area contributed by atoms with E-state index in [0.717, 1.165) is 44.3 Å². The van der Waals surface area contributed by atoms with Gasteiger partial charge in [-0.25, -0.2) is 4.98 Å². The summed E-state index contributed by atoms with van der Waals surface area (Å²) >= 11 is 5.94. The third-order valence-corrected chi connectivity index (χ3v) is 4.27. The lowest BCUT2D eigenvalue weighted by Crippen LogP contribution is -2.46. The van der Waals surface area contributed by atoms with Crippen LogP contribution in [0.3, 0.4) is 0 Å². The smallest absolute Gasteiger partial charge is 0.0945 e. The van der Waals surface area contributed by atoms with Crippen molar-refractivity contribution in [1.29, 1.82) is 0 Å². The van der Waals surface area contributed by atoms with Crippen LogP contribution in [0.5, 0.6) is 0 Å². The van der Waals surface area contributed by atoms with Gasteiger partial charge in [0.05, 0.1) is 6.33 Å². The highest BCUT2D eigenvalue weighted by Gasteiger charge is 2.16. The Labute approximate surface area is 130 Å². The minimum absolute atomic E-state index is 0.803. The number of rotatable bonds is 5. The van der Waals surface area contributed by atoms with Crippen molar-refractivity contribution in [2.45, 2.75) is 13.0 Å². The molecule has 2 heterocycles. The molecule has 4 nitrogen and oxygen atoms in total. The molecule has 0 atom stereocenters. The maximum Gasteiger partial charge on any atom is 0.0945 e. The Hall–Kier alpha value is -1.52. The molecule has 1 aliphatic heterocycles. The van der Waals surface area contributed by atoms with Crippen LogP contribution in [-0.2, 0) is 6.54 Å². The zero-order valence-electron chi connectivity index (χ0n) is 12.2. The van der Waals surface area contributed by atoms with Crippen molar-refractivity contribution in [2.24, 2.45) is 0 Å². The summed E-state index contributed by atoms with van der Waals surface area (Å²) in [5.74, 6) is 0. The number of benzene rings is 1. The number of halogens is 1. The zero-order chi connectivity index (χ0) is 14.5. The van der Waals surface area contributed by atoms with E-state index < -0.39 is 0 Å². The summed E-state index contributed by atoms with van der Waals surface area (Å²) in [5.41, 5.74) is 1.28. The van der Waals surface area contributed by atoms with Gasteiger partial charge >= 0.3 is 0 Å². The van der Waals surface area contributed by atoms with Gasteiger partial charge in [0.1, 0.15) is 0 Å². The fraction of sp³-hybridized carbons (Fsp3) is 0.438. The molecule has 1 aromatic heterocycles. The second kappa shape index (κ2) is 6.96. The number of hydrogen-bond acceptors (Lipinski definition) is 3. The topological polar surface area (TPSA) is 24.3 Å². The standard InChI is InChI=1S/C16H21ClN4/c17-15-2-4-16(5-3-15)21-12-10-19(11-13-21)7-1-8-20-9-6-18-14-20/h2-6,9,14H,1,7-8,10-13H2. The zero-order valence-corrected chi connectivity index (χ0v) is 12.9. The van der Waals surface area contributed by atoms with Gasteiger partial charge in [0, 0.05) is 55.8 Å². The van der Waals surface area contributed by atoms with E-state index in [1.807, 2.05) is 30.9 Å². The molecule has 3 rings (SSSR count). The molecule has 112 valence electrons. The van der Waals surface area contributed by atoms with Crippen molar-refractivity contribution < 1.29 is 0 Å². The normalized spacial score (nSPS) is 16.3. The molecule has 0 amide bonds. The second-order valence-corrected chi connectivity index (χ2v) is 5.90. The fourth-order valence-electron chi connectivity index (χ4n) is 2.78. The molecule has 0 aliphatic carbocycles. The average molecular weight is 305 g/mol. The van der Waals surface area contributed by atoms with Gasteiger partial charge in [0.2, 0.25) is 0 Å². The minimum Gasteiger partial charge on any atom is -0.369 e. The molecule has 0 N–H and O–H groups in total. The first kappa shape index (κ1) is 14.4. The number of piperazine rings is 1. The van der Waals surface area contributed by atoms with Gasteiger partial charge in [0.25, 0.3) is 0 Å². The molecule has 0 unspecified atom stereocenters. The number of aromatic nitrogens is 2. The Morgan fingerprint density at radius 1 is 1.00 bits per heavy atom. The molecule has 1 aromatic carbocycles. The Kier molecular flexibility index (Phi) is 4.78. The van der Waals surface area contributed by atoms with Gasteiger partial charge < -0.3 is 9.47 Å². The van der Waals surface area contributed by atoms with Crippen LogP contribution in [-0.4, -0.2) is 47.2 Å². The lowest BCUT2D eigenvalue weighted by Gasteiger charge is -2.36. The van der Waals surface area contributed by atoms with Crippen LogP contribution in [0.4, 0.5) is 5.69 Å². The first-order valence-electron chi connectivity index (χ1n) is 7.50. The fourth-order valence-corrected chi connectivity index (χ4v) is 2.90. The Balaban J connectivity index is 1.41. The number of nitrogens with zero attached hydrogens (tertiary/aromatic N) is 4. The predicted octanol–water partition coefficient (Wildman–Crippen LogP) is 2.75. The molecule has 0 spiro atoms. The van der Waals surface area contributed by atoms with Crippen LogP contribution >= 0.6 is 11.6 Å². The van der Waals surface area contributed by atoms with E-state index in [1.54, 1.807) is 0 Å². The number of anilines is 1. The molecule has 2 aromatic rings. The van der Waals surface area contributed by atoms with Crippen molar-refractivity contribution in [3.8, 4) is 0 Å². The van der Waals surface area contributed by atoms with Crippen LogP contribution in [0.2, 0.25) is 5.02 Å². The summed E-state index contributed by atoms with van der Waals surface area (Å²) < 4.78 is 2.14. The Morgan fingerprint density at radius 3 is 2.43 bits per heavy atom. The van der Waals surface area contributed by atoms with Gasteiger partial charge in [-0.2, -0.15) is 0 Å². The van der Waals surface area contributed by atoms with E-state index in [4.69, 9.17) is 11.6 Å². The number of hydrogen-bond donors (Lipinski definition) is 0. The Bertz CT molecular complexity index is 530. The molecular formula is C16H21ClN4. The van der Waals surface area contributed by atoms with Gasteiger partial charge in [-0.1, -0.05) is 11.6 Å². The number of imidazole rings is 1. The molecule has 1 fully saturated rings. The average Bonchev–Trinajstić information content (AvgIpc) is 3.02. The van der Waals surface area contributed by atoms with E-state index in [2.05, 4.69) is 31.5 Å². The first-order valence-corrected chi connectivity index (χ1v) is 7.88. The lowest BCUT2D eigenvalue weighted by atomic mass is 10.2. The number of aryl methyl sites for hydroxylation is 1. The molecule has 0 radical (unpaired) electrons. The SMILES string of the molecule is Clc1ccc(N2CCN(CCCn3ccnc3)CC2)cc1. The maximum absolute atomic E-state index is 5.94. The quantitative estimate of drug-likeness (QED) is 0.849. The van der Waals surface area contributed by atoms with Crippen LogP contribution in [0.25, 0.3) is 0 Å². The molecule has 5 heteroatoms. The summed E-state index contributed by atoms with van der Waals surface area (Å²) in [6, 6.07) is 8.15. The Morgan fingerprint density at radius 2 is 1.76 bits per heavy atom. The van der Waals surface area contributed by atoms with Gasteiger partial charge in [-0.3, -0.25) is 4.90 Å². The van der Waals surface area contributed by atoms with Crippen molar-refractivity contribution in [3.05, 3.63) is 48.0 Å². The van der Waals surface area contributed by atoms with Crippen molar-refractivity contribution in [1.82, 2.24) is 14.5 Å². The van der Waals surface area contributed by atoms with Crippen LogP contribution in [0.15, 0.2) is 43.0 Å². The lowest BCUT2D eigenvalue weighted by molar-refractivity contribution is 0.250. The summed E-state index contributed by atoms with van der Waals surface area (Å²) in [4.78, 5) is 9.05. The van der Waals surface area contributed by atoms with Crippen molar-refractivity contribution in [3.63, 3.8) is 0 Å². The van der Waals surface area contributed by atoms with E-state index in [1.165, 1.54) is 12.1 Å². The van der Waals surface area contributed by atoms with Crippen LogP contribution in [0.1, 0.15) is 6.42 Å². The van der Waals surface area contributed by atoms with E-state index in [0.29, 0.717) is 0 Å². The van der Waals surface area contributed by atoms with Crippen molar-refractivity contribution in [2.75, 3.05) is 37.6 Å². The molecule has 1 saturated heterocycles. The summed E-state index contributed by atoms with van der Waals surface area (Å²) in [6.07, 6.45) is 6.93. The molecular weight excluding hydrogens is 284 g/mol. The van der Waals surface area contributed by atoms with E-state index in [-0.39, 0.29) is 0 Å². The third kappa shape index (κ3) is 3.99. The second-order valence-electron chi connectivity index (χ2n) is 5.46. The largest absolute Gasteiger partial charge is 0.369 e. The summed E-state index contributed by atoms with van der Waals surface area (Å²) in [6.45, 7) is 6.66. The van der Waals surface area contributed by atoms with Gasteiger partial charge in [-0.15, -0.1) is 0 Å². The predicted molar refractivity (Wildman–Crippen MR) is 86.9 cm³/mol. The van der Waals surface area contributed by atoms with E-state index >= 15 is 0 Å². The highest BCUT2D eigenvalue weighted by atomic mass is 35.5. The maximum atomic E-state index is 5.94. The molecule has 1 aliphatic rings. The molecule has 0 bridgehead atoms. The molecule has 0 saturated carbocycles. The van der Waals surface area contributed by atoms with Gasteiger partial charge in [-0.05, 0) is 37.2 Å². The first-order chi connectivity index (χ1) is 10.3. The third-order valence-electron chi connectivity index (χ3n) is 4.01. The van der Waals surface area contributed by atoms with E-state index in [9.17, 15) is 0 Å². The van der Waals surface area contributed by atoms with Crippen LogP contribution in [0, 0.1) is 0 Å². The van der Waals surface area contributed by atoms with Crippen LogP contribution < -0.4 is 4.90 Å². The summed E-state index contributed by atoms with van der Waals surface area (Å²) in [7, 11) is 0. The highest BCUT2D eigenvalue weighted by Crippen LogP contribution is 2.19. The molecule has 21 heavy (non-hydrogen) atoms. The highest BCUT2D eigenvalue weighted by molar-refractivity contribution is 6.30. The summed E-state index contributed by atoms with van der Waals surface area (Å²) in [5, 5.41) is 0.803. The monoisotopic (exact) mass is 304 g/mol. The van der Waals surface area contributed by atoms with Gasteiger partial charge in [0.15, 0.2) is 0 Å². The minimum atomic E-state index is 0.803.